The second-order valence-corrected chi connectivity index (χ2v) is 5.71. The predicted octanol–water partition coefficient (Wildman–Crippen LogP) is 3.55. The van der Waals surface area contributed by atoms with Gasteiger partial charge < -0.3 is 15.4 Å². The molecule has 0 spiro atoms. The van der Waals surface area contributed by atoms with Crippen LogP contribution in [0.3, 0.4) is 0 Å². The zero-order valence-electron chi connectivity index (χ0n) is 14.0. The first kappa shape index (κ1) is 18.5. The molecule has 6 heteroatoms. The minimum Gasteiger partial charge on any atom is -0.439 e. The molecule has 0 aliphatic carbocycles. The summed E-state index contributed by atoms with van der Waals surface area (Å²) in [5.74, 6) is 2.28. The van der Waals surface area contributed by atoms with Crippen LogP contribution in [-0.4, -0.2) is 24.0 Å². The molecule has 0 amide bonds. The number of aryl methyl sites for hydroxylation is 2. The van der Waals surface area contributed by atoms with Gasteiger partial charge >= 0.3 is 0 Å². The topological polar surface area (TPSA) is 58.5 Å². The van der Waals surface area contributed by atoms with E-state index in [1.807, 2.05) is 24.3 Å². The Labute approximate surface area is 160 Å². The van der Waals surface area contributed by atoms with Crippen LogP contribution in [0.1, 0.15) is 23.1 Å². The molecule has 1 aliphatic heterocycles. The van der Waals surface area contributed by atoms with E-state index in [9.17, 15) is 0 Å². The minimum atomic E-state index is 0. The lowest BCUT2D eigenvalue weighted by atomic mass is 10.1. The lowest BCUT2D eigenvalue weighted by Gasteiger charge is -2.16. The van der Waals surface area contributed by atoms with Crippen LogP contribution in [0.4, 0.5) is 0 Å². The van der Waals surface area contributed by atoms with Gasteiger partial charge in [-0.2, -0.15) is 0 Å². The molecule has 3 rings (SSSR count). The van der Waals surface area contributed by atoms with Crippen molar-refractivity contribution in [3.05, 3.63) is 53.2 Å². The van der Waals surface area contributed by atoms with Gasteiger partial charge in [-0.15, -0.1) is 24.0 Å². The maximum atomic E-state index is 5.86. The number of hydrogen-bond acceptors (Lipinski definition) is 5. The van der Waals surface area contributed by atoms with Crippen LogP contribution in [0.25, 0.3) is 0 Å². The van der Waals surface area contributed by atoms with Crippen molar-refractivity contribution in [1.29, 1.82) is 0 Å². The van der Waals surface area contributed by atoms with Gasteiger partial charge in [-0.05, 0) is 55.2 Å². The molecule has 5 nitrogen and oxygen atoms in total. The monoisotopic (exact) mass is 438 g/mol. The van der Waals surface area contributed by atoms with E-state index in [1.165, 1.54) is 11.1 Å². The smallest absolute Gasteiger partial charge is 0.219 e. The van der Waals surface area contributed by atoms with Crippen LogP contribution in [0.15, 0.2) is 41.5 Å². The first-order valence-electron chi connectivity index (χ1n) is 7.93. The summed E-state index contributed by atoms with van der Waals surface area (Å²) in [5, 5.41) is 6.55. The number of halogens is 1. The predicted molar refractivity (Wildman–Crippen MR) is 107 cm³/mol. The van der Waals surface area contributed by atoms with E-state index in [1.54, 1.807) is 6.20 Å². The van der Waals surface area contributed by atoms with E-state index < -0.39 is 0 Å². The summed E-state index contributed by atoms with van der Waals surface area (Å²) in [4.78, 5) is 8.69. The second kappa shape index (κ2) is 8.86. The van der Waals surface area contributed by atoms with Gasteiger partial charge in [0, 0.05) is 31.9 Å². The summed E-state index contributed by atoms with van der Waals surface area (Å²) < 4.78 is 5.86. The van der Waals surface area contributed by atoms with Gasteiger partial charge in [-0.3, -0.25) is 4.99 Å². The molecular formula is C18H23IN4O. The number of rotatable bonds is 4. The highest BCUT2D eigenvalue weighted by Gasteiger charge is 2.05. The zero-order valence-corrected chi connectivity index (χ0v) is 16.3. The maximum Gasteiger partial charge on any atom is 0.219 e. The van der Waals surface area contributed by atoms with Gasteiger partial charge in [0.2, 0.25) is 5.88 Å². The molecule has 2 heterocycles. The first-order valence-corrected chi connectivity index (χ1v) is 7.93. The van der Waals surface area contributed by atoms with Crippen LogP contribution in [0, 0.1) is 13.8 Å². The first-order chi connectivity index (χ1) is 11.2. The Morgan fingerprint density at radius 1 is 1.17 bits per heavy atom. The summed E-state index contributed by atoms with van der Waals surface area (Å²) >= 11 is 0. The lowest BCUT2D eigenvalue weighted by molar-refractivity contribution is 0.461. The van der Waals surface area contributed by atoms with Gasteiger partial charge in [0.05, 0.1) is 0 Å². The van der Waals surface area contributed by atoms with E-state index in [0.29, 0.717) is 12.4 Å². The van der Waals surface area contributed by atoms with Gasteiger partial charge in [0.1, 0.15) is 5.75 Å². The molecule has 0 radical (unpaired) electrons. The molecule has 1 aromatic heterocycles. The summed E-state index contributed by atoms with van der Waals surface area (Å²) in [7, 11) is 0. The maximum absolute atomic E-state index is 5.86. The highest BCUT2D eigenvalue weighted by Crippen LogP contribution is 2.22. The van der Waals surface area contributed by atoms with Gasteiger partial charge in [-0.25, -0.2) is 4.98 Å². The molecule has 0 unspecified atom stereocenters. The Kier molecular flexibility index (Phi) is 6.84. The van der Waals surface area contributed by atoms with Crippen molar-refractivity contribution in [3.8, 4) is 11.6 Å². The SMILES string of the molecule is Cc1ccc(Oc2cc(CNC3=NCCCN3)ccn2)cc1C.I. The van der Waals surface area contributed by atoms with Gasteiger partial charge in [-0.1, -0.05) is 6.07 Å². The number of guanidine groups is 1. The van der Waals surface area contributed by atoms with Crippen LogP contribution < -0.4 is 15.4 Å². The minimum absolute atomic E-state index is 0. The normalized spacial score (nSPS) is 13.3. The molecule has 0 saturated carbocycles. The van der Waals surface area contributed by atoms with Crippen molar-refractivity contribution in [2.24, 2.45) is 4.99 Å². The fourth-order valence-corrected chi connectivity index (χ4v) is 2.35. The van der Waals surface area contributed by atoms with Crippen molar-refractivity contribution in [1.82, 2.24) is 15.6 Å². The van der Waals surface area contributed by atoms with Crippen LogP contribution in [0.5, 0.6) is 11.6 Å². The highest BCUT2D eigenvalue weighted by molar-refractivity contribution is 14.0. The van der Waals surface area contributed by atoms with Crippen molar-refractivity contribution in [2.75, 3.05) is 13.1 Å². The molecule has 0 bridgehead atoms. The Morgan fingerprint density at radius 2 is 2.04 bits per heavy atom. The van der Waals surface area contributed by atoms with E-state index in [0.717, 1.165) is 36.8 Å². The third-order valence-electron chi connectivity index (χ3n) is 3.86. The molecular weight excluding hydrogens is 415 g/mol. The molecule has 128 valence electrons. The molecule has 1 aromatic carbocycles. The fourth-order valence-electron chi connectivity index (χ4n) is 2.35. The lowest BCUT2D eigenvalue weighted by Crippen LogP contribution is -2.40. The molecule has 1 aliphatic rings. The molecule has 0 saturated heterocycles. The Bertz CT molecular complexity index is 718. The van der Waals surface area contributed by atoms with Crippen molar-refractivity contribution >= 4 is 29.9 Å². The molecule has 2 aromatic rings. The number of ether oxygens (including phenoxy) is 1. The average Bonchev–Trinajstić information content (AvgIpc) is 2.58. The summed E-state index contributed by atoms with van der Waals surface area (Å²) in [5.41, 5.74) is 3.57. The highest BCUT2D eigenvalue weighted by atomic mass is 127. The number of aromatic nitrogens is 1. The number of pyridine rings is 1. The largest absolute Gasteiger partial charge is 0.439 e. The Balaban J connectivity index is 0.00000208. The Morgan fingerprint density at radius 3 is 2.79 bits per heavy atom. The summed E-state index contributed by atoms with van der Waals surface area (Å²) in [6, 6.07) is 9.98. The van der Waals surface area contributed by atoms with Gasteiger partial charge in [0.15, 0.2) is 5.96 Å². The van der Waals surface area contributed by atoms with E-state index in [4.69, 9.17) is 4.74 Å². The van der Waals surface area contributed by atoms with Crippen LogP contribution in [-0.2, 0) is 6.54 Å². The van der Waals surface area contributed by atoms with Crippen molar-refractivity contribution in [2.45, 2.75) is 26.8 Å². The molecule has 2 N–H and O–H groups in total. The number of nitrogens with zero attached hydrogens (tertiary/aromatic N) is 2. The number of hydrogen-bond donors (Lipinski definition) is 2. The summed E-state index contributed by atoms with van der Waals surface area (Å²) in [6.07, 6.45) is 2.86. The van der Waals surface area contributed by atoms with E-state index >= 15 is 0 Å². The zero-order chi connectivity index (χ0) is 16.1. The third kappa shape index (κ3) is 5.09. The van der Waals surface area contributed by atoms with Crippen molar-refractivity contribution in [3.63, 3.8) is 0 Å². The fraction of sp³-hybridized carbons (Fsp3) is 0.333. The molecule has 0 fully saturated rings. The van der Waals surface area contributed by atoms with Gasteiger partial charge in [0.25, 0.3) is 0 Å². The number of aliphatic imine (C=N–C) groups is 1. The van der Waals surface area contributed by atoms with Crippen molar-refractivity contribution < 1.29 is 4.74 Å². The van der Waals surface area contributed by atoms with Crippen LogP contribution >= 0.6 is 24.0 Å². The Hall–Kier alpha value is -1.83. The quantitative estimate of drug-likeness (QED) is 0.718. The summed E-state index contributed by atoms with van der Waals surface area (Å²) in [6.45, 7) is 6.72. The van der Waals surface area contributed by atoms with E-state index in [2.05, 4.69) is 40.5 Å². The standard InChI is InChI=1S/C18H22N4O.HI/c1-13-4-5-16(10-14(13)2)23-17-11-15(6-9-19-17)12-22-18-20-7-3-8-21-18;/h4-6,9-11H,3,7-8,12H2,1-2H3,(H2,20,21,22);1H. The third-order valence-corrected chi connectivity index (χ3v) is 3.86. The number of nitrogens with one attached hydrogen (secondary N) is 2. The molecule has 0 atom stereocenters. The second-order valence-electron chi connectivity index (χ2n) is 5.71. The molecule has 24 heavy (non-hydrogen) atoms. The van der Waals surface area contributed by atoms with Crippen LogP contribution in [0.2, 0.25) is 0 Å². The average molecular weight is 438 g/mol. The van der Waals surface area contributed by atoms with E-state index in [-0.39, 0.29) is 24.0 Å². The number of benzene rings is 1.